The van der Waals surface area contributed by atoms with E-state index in [1.807, 2.05) is 6.07 Å². The normalized spacial score (nSPS) is 15.1. The minimum Gasteiger partial charge on any atom is -0.364 e. The lowest BCUT2D eigenvalue weighted by atomic mass is 10.1. The number of rotatable bonds is 3. The average molecular weight is 302 g/mol. The van der Waals surface area contributed by atoms with Crippen LogP contribution in [0.5, 0.6) is 0 Å². The number of hydrogen-bond acceptors (Lipinski definition) is 6. The number of nitrogens with zero attached hydrogens (tertiary/aromatic N) is 5. The van der Waals surface area contributed by atoms with Gasteiger partial charge in [-0.1, -0.05) is 0 Å². The van der Waals surface area contributed by atoms with Crippen LogP contribution in [0.25, 0.3) is 22.3 Å². The predicted octanol–water partition coefficient (Wildman–Crippen LogP) is 2.92. The van der Waals surface area contributed by atoms with Crippen molar-refractivity contribution >= 4 is 16.7 Å². The van der Waals surface area contributed by atoms with Gasteiger partial charge in [-0.25, -0.2) is 9.97 Å². The summed E-state index contributed by atoms with van der Waals surface area (Å²) in [4.78, 5) is 17.4. The van der Waals surface area contributed by atoms with Crippen LogP contribution in [0.3, 0.4) is 0 Å². The van der Waals surface area contributed by atoms with Crippen molar-refractivity contribution < 1.29 is 0 Å². The molecule has 0 aromatic carbocycles. The van der Waals surface area contributed by atoms with E-state index in [-0.39, 0.29) is 5.54 Å². The Morgan fingerprint density at radius 3 is 2.70 bits per heavy atom. The molecule has 0 amide bonds. The van der Waals surface area contributed by atoms with Gasteiger partial charge in [0.05, 0.1) is 17.3 Å². The molecule has 0 unspecified atom stereocenters. The standard InChI is InChI=1S/C17H14N6/c1-17(4-5-17)23-16-13-3-7-20-10-14(13)21-15(22-16)12-2-6-19-9-11(12)8-18/h2-3,6-7,9-10H,4-5H2,1H3,(H,21,22,23). The molecule has 112 valence electrons. The van der Waals surface area contributed by atoms with Gasteiger partial charge in [0.25, 0.3) is 0 Å². The van der Waals surface area contributed by atoms with Crippen molar-refractivity contribution in [3.05, 3.63) is 42.5 Å². The first-order valence-corrected chi connectivity index (χ1v) is 7.43. The second-order valence-corrected chi connectivity index (χ2v) is 6.01. The zero-order valence-corrected chi connectivity index (χ0v) is 12.6. The van der Waals surface area contributed by atoms with E-state index in [0.717, 1.165) is 29.6 Å². The molecule has 1 fully saturated rings. The smallest absolute Gasteiger partial charge is 0.163 e. The third-order valence-corrected chi connectivity index (χ3v) is 4.10. The highest BCUT2D eigenvalue weighted by Crippen LogP contribution is 2.39. The maximum absolute atomic E-state index is 9.29. The SMILES string of the molecule is CC1(Nc2nc(-c3ccncc3C#N)nc3cnccc23)CC1. The number of fused-ring (bicyclic) bond motifs is 1. The molecule has 6 heteroatoms. The van der Waals surface area contributed by atoms with Crippen LogP contribution in [-0.2, 0) is 0 Å². The molecule has 0 atom stereocenters. The van der Waals surface area contributed by atoms with Crippen LogP contribution < -0.4 is 5.32 Å². The summed E-state index contributed by atoms with van der Waals surface area (Å²) in [6.07, 6.45) is 8.87. The third-order valence-electron chi connectivity index (χ3n) is 4.10. The average Bonchev–Trinajstić information content (AvgIpc) is 3.31. The highest BCUT2D eigenvalue weighted by atomic mass is 15.1. The number of hydrogen-bond donors (Lipinski definition) is 1. The summed E-state index contributed by atoms with van der Waals surface area (Å²) >= 11 is 0. The van der Waals surface area contributed by atoms with Crippen molar-refractivity contribution in [1.29, 1.82) is 5.26 Å². The molecule has 1 aliphatic rings. The van der Waals surface area contributed by atoms with Crippen molar-refractivity contribution in [2.75, 3.05) is 5.32 Å². The Kier molecular flexibility index (Phi) is 2.95. The Morgan fingerprint density at radius 2 is 1.91 bits per heavy atom. The first kappa shape index (κ1) is 13.6. The molecule has 3 aromatic heterocycles. The molecular formula is C17H14N6. The third kappa shape index (κ3) is 2.46. The van der Waals surface area contributed by atoms with Crippen LogP contribution in [0, 0.1) is 11.3 Å². The molecule has 1 aliphatic carbocycles. The Balaban J connectivity index is 1.92. The molecule has 0 spiro atoms. The minimum absolute atomic E-state index is 0.0954. The Labute approximate surface area is 133 Å². The molecule has 1 saturated carbocycles. The van der Waals surface area contributed by atoms with Crippen LogP contribution in [0.1, 0.15) is 25.3 Å². The van der Waals surface area contributed by atoms with E-state index in [0.29, 0.717) is 17.0 Å². The van der Waals surface area contributed by atoms with Gasteiger partial charge in [-0.15, -0.1) is 0 Å². The number of nitriles is 1. The van der Waals surface area contributed by atoms with Crippen molar-refractivity contribution in [3.63, 3.8) is 0 Å². The fourth-order valence-corrected chi connectivity index (χ4v) is 2.47. The zero-order chi connectivity index (χ0) is 15.9. The van der Waals surface area contributed by atoms with E-state index in [4.69, 9.17) is 0 Å². The van der Waals surface area contributed by atoms with E-state index in [2.05, 4.69) is 38.2 Å². The van der Waals surface area contributed by atoms with Gasteiger partial charge in [0, 0.05) is 35.1 Å². The van der Waals surface area contributed by atoms with Crippen LogP contribution in [-0.4, -0.2) is 25.5 Å². The van der Waals surface area contributed by atoms with Gasteiger partial charge in [-0.2, -0.15) is 5.26 Å². The van der Waals surface area contributed by atoms with Crippen molar-refractivity contribution in [2.45, 2.75) is 25.3 Å². The fraction of sp³-hybridized carbons (Fsp3) is 0.235. The summed E-state index contributed by atoms with van der Waals surface area (Å²) in [5.41, 5.74) is 1.99. The second-order valence-electron chi connectivity index (χ2n) is 6.01. The largest absolute Gasteiger partial charge is 0.364 e. The summed E-state index contributed by atoms with van der Waals surface area (Å²) in [6, 6.07) is 5.81. The molecule has 0 saturated heterocycles. The lowest BCUT2D eigenvalue weighted by Crippen LogP contribution is -2.17. The maximum atomic E-state index is 9.29. The van der Waals surface area contributed by atoms with Gasteiger partial charge in [0.2, 0.25) is 0 Å². The molecule has 0 bridgehead atoms. The molecule has 0 radical (unpaired) electrons. The number of anilines is 1. The quantitative estimate of drug-likeness (QED) is 0.800. The van der Waals surface area contributed by atoms with Crippen LogP contribution in [0.15, 0.2) is 36.9 Å². The Morgan fingerprint density at radius 1 is 1.13 bits per heavy atom. The summed E-state index contributed by atoms with van der Waals surface area (Å²) in [5.74, 6) is 1.30. The van der Waals surface area contributed by atoms with Crippen molar-refractivity contribution in [1.82, 2.24) is 19.9 Å². The van der Waals surface area contributed by atoms with E-state index in [9.17, 15) is 5.26 Å². The highest BCUT2D eigenvalue weighted by Gasteiger charge is 2.38. The number of aromatic nitrogens is 4. The monoisotopic (exact) mass is 302 g/mol. The molecule has 3 heterocycles. The lowest BCUT2D eigenvalue weighted by molar-refractivity contribution is 0.823. The lowest BCUT2D eigenvalue weighted by Gasteiger charge is -2.15. The minimum atomic E-state index is 0.0954. The maximum Gasteiger partial charge on any atom is 0.163 e. The van der Waals surface area contributed by atoms with E-state index < -0.39 is 0 Å². The van der Waals surface area contributed by atoms with E-state index in [1.54, 1.807) is 24.7 Å². The highest BCUT2D eigenvalue weighted by molar-refractivity contribution is 5.90. The topological polar surface area (TPSA) is 87.4 Å². The van der Waals surface area contributed by atoms with Crippen LogP contribution >= 0.6 is 0 Å². The molecule has 4 rings (SSSR count). The Hall–Kier alpha value is -3.07. The van der Waals surface area contributed by atoms with Gasteiger partial charge >= 0.3 is 0 Å². The van der Waals surface area contributed by atoms with E-state index >= 15 is 0 Å². The van der Waals surface area contributed by atoms with Gasteiger partial charge in [-0.05, 0) is 31.9 Å². The first-order chi connectivity index (χ1) is 11.2. The summed E-state index contributed by atoms with van der Waals surface area (Å²) in [6.45, 7) is 2.18. The Bertz CT molecular complexity index is 939. The van der Waals surface area contributed by atoms with Gasteiger partial charge in [0.15, 0.2) is 5.82 Å². The molecule has 23 heavy (non-hydrogen) atoms. The van der Waals surface area contributed by atoms with Crippen LogP contribution in [0.2, 0.25) is 0 Å². The number of nitrogens with one attached hydrogen (secondary N) is 1. The zero-order valence-electron chi connectivity index (χ0n) is 12.6. The van der Waals surface area contributed by atoms with E-state index in [1.165, 1.54) is 6.20 Å². The molecule has 1 N–H and O–H groups in total. The van der Waals surface area contributed by atoms with Crippen molar-refractivity contribution in [2.24, 2.45) is 0 Å². The second kappa shape index (κ2) is 4.99. The van der Waals surface area contributed by atoms with Gasteiger partial charge < -0.3 is 5.32 Å². The molecule has 0 aliphatic heterocycles. The summed E-state index contributed by atoms with van der Waals surface area (Å²) < 4.78 is 0. The fourth-order valence-electron chi connectivity index (χ4n) is 2.47. The molecular weight excluding hydrogens is 288 g/mol. The summed E-state index contributed by atoms with van der Waals surface area (Å²) in [7, 11) is 0. The molecule has 3 aromatic rings. The number of pyridine rings is 2. The summed E-state index contributed by atoms with van der Waals surface area (Å²) in [5, 5.41) is 13.7. The van der Waals surface area contributed by atoms with Crippen LogP contribution in [0.4, 0.5) is 5.82 Å². The first-order valence-electron chi connectivity index (χ1n) is 7.43. The van der Waals surface area contributed by atoms with Gasteiger partial charge in [-0.3, -0.25) is 9.97 Å². The van der Waals surface area contributed by atoms with Crippen molar-refractivity contribution in [3.8, 4) is 17.5 Å². The predicted molar refractivity (Wildman–Crippen MR) is 86.5 cm³/mol. The van der Waals surface area contributed by atoms with Gasteiger partial charge in [0.1, 0.15) is 11.9 Å². The molecule has 6 nitrogen and oxygen atoms in total.